The number of carbonyl (C=O) groups is 1. The maximum Gasteiger partial charge on any atom is 0.251 e. The van der Waals surface area contributed by atoms with Gasteiger partial charge in [-0.15, -0.1) is 0 Å². The van der Waals surface area contributed by atoms with Crippen LogP contribution in [-0.2, 0) is 6.42 Å². The van der Waals surface area contributed by atoms with E-state index in [-0.39, 0.29) is 5.91 Å². The Kier molecular flexibility index (Phi) is 5.38. The molecule has 0 aliphatic carbocycles. The minimum Gasteiger partial charge on any atom is -0.388 e. The van der Waals surface area contributed by atoms with E-state index in [1.807, 2.05) is 50.4 Å². The quantitative estimate of drug-likeness (QED) is 0.797. The van der Waals surface area contributed by atoms with Crippen LogP contribution in [0.5, 0.6) is 0 Å². The average molecular weight is 282 g/mol. The topological polar surface area (TPSA) is 41.1 Å². The van der Waals surface area contributed by atoms with E-state index in [0.717, 1.165) is 24.1 Å². The average Bonchev–Trinajstić information content (AvgIpc) is 2.52. The summed E-state index contributed by atoms with van der Waals surface area (Å²) < 4.78 is 0. The zero-order chi connectivity index (χ0) is 15.1. The number of anilines is 1. The summed E-state index contributed by atoms with van der Waals surface area (Å²) in [5.41, 5.74) is 4.15. The van der Waals surface area contributed by atoms with Gasteiger partial charge in [0.25, 0.3) is 5.91 Å². The zero-order valence-electron chi connectivity index (χ0n) is 12.6. The lowest BCUT2D eigenvalue weighted by Crippen LogP contribution is -2.24. The van der Waals surface area contributed by atoms with Crippen molar-refractivity contribution in [3.8, 4) is 0 Å². The highest BCUT2D eigenvalue weighted by Crippen LogP contribution is 2.15. The summed E-state index contributed by atoms with van der Waals surface area (Å²) in [6.07, 6.45) is 1.93. The fourth-order valence-corrected chi connectivity index (χ4v) is 2.33. The lowest BCUT2D eigenvalue weighted by atomic mass is 10.1. The Morgan fingerprint density at radius 1 is 1.10 bits per heavy atom. The third-order valence-electron chi connectivity index (χ3n) is 3.53. The highest BCUT2D eigenvalue weighted by Gasteiger charge is 2.06. The number of benzene rings is 2. The summed E-state index contributed by atoms with van der Waals surface area (Å²) in [6, 6.07) is 16.0. The van der Waals surface area contributed by atoms with E-state index in [9.17, 15) is 4.79 Å². The number of carbonyl (C=O) groups excluding carboxylic acids is 1. The Bertz CT molecular complexity index is 593. The molecule has 3 heteroatoms. The molecule has 2 N–H and O–H groups in total. The second kappa shape index (κ2) is 7.48. The monoisotopic (exact) mass is 282 g/mol. The van der Waals surface area contributed by atoms with Crippen molar-refractivity contribution in [3.05, 3.63) is 65.2 Å². The predicted molar refractivity (Wildman–Crippen MR) is 87.8 cm³/mol. The van der Waals surface area contributed by atoms with Gasteiger partial charge in [0.1, 0.15) is 0 Å². The van der Waals surface area contributed by atoms with Crippen molar-refractivity contribution in [2.45, 2.75) is 19.8 Å². The molecule has 0 radical (unpaired) electrons. The van der Waals surface area contributed by atoms with E-state index in [2.05, 4.69) is 22.8 Å². The van der Waals surface area contributed by atoms with E-state index >= 15 is 0 Å². The Morgan fingerprint density at radius 2 is 1.86 bits per heavy atom. The molecule has 0 saturated carbocycles. The molecule has 0 spiro atoms. The molecule has 0 aliphatic heterocycles. The summed E-state index contributed by atoms with van der Waals surface area (Å²) in [4.78, 5) is 12.1. The van der Waals surface area contributed by atoms with Crippen LogP contribution in [0.15, 0.2) is 48.5 Å². The summed E-state index contributed by atoms with van der Waals surface area (Å²) in [6.45, 7) is 2.69. The van der Waals surface area contributed by atoms with Gasteiger partial charge < -0.3 is 10.6 Å². The molecule has 0 aromatic heterocycles. The van der Waals surface area contributed by atoms with Crippen LogP contribution in [0.25, 0.3) is 0 Å². The molecular weight excluding hydrogens is 260 g/mol. The predicted octanol–water partition coefficient (Wildman–Crippen LogP) is 3.40. The molecule has 0 bridgehead atoms. The van der Waals surface area contributed by atoms with Gasteiger partial charge in [-0.05, 0) is 49.1 Å². The molecule has 0 saturated heterocycles. The Balaban J connectivity index is 1.80. The number of amides is 1. The van der Waals surface area contributed by atoms with Crippen LogP contribution in [0.2, 0.25) is 0 Å². The van der Waals surface area contributed by atoms with Crippen molar-refractivity contribution in [3.63, 3.8) is 0 Å². The number of aryl methyl sites for hydroxylation is 2. The first-order chi connectivity index (χ1) is 10.2. The van der Waals surface area contributed by atoms with E-state index in [4.69, 9.17) is 0 Å². The molecule has 0 unspecified atom stereocenters. The van der Waals surface area contributed by atoms with Crippen molar-refractivity contribution in [1.29, 1.82) is 0 Å². The Labute approximate surface area is 126 Å². The van der Waals surface area contributed by atoms with Crippen molar-refractivity contribution in [2.75, 3.05) is 18.9 Å². The van der Waals surface area contributed by atoms with Gasteiger partial charge in [0.15, 0.2) is 0 Å². The number of rotatable bonds is 6. The molecule has 2 aromatic rings. The van der Waals surface area contributed by atoms with E-state index in [1.54, 1.807) is 0 Å². The summed E-state index contributed by atoms with van der Waals surface area (Å²) >= 11 is 0. The molecule has 3 nitrogen and oxygen atoms in total. The Hall–Kier alpha value is -2.29. The molecule has 21 heavy (non-hydrogen) atoms. The van der Waals surface area contributed by atoms with Gasteiger partial charge in [-0.3, -0.25) is 4.79 Å². The van der Waals surface area contributed by atoms with Gasteiger partial charge in [0.2, 0.25) is 0 Å². The van der Waals surface area contributed by atoms with E-state index in [1.165, 1.54) is 5.56 Å². The van der Waals surface area contributed by atoms with Crippen molar-refractivity contribution in [1.82, 2.24) is 5.32 Å². The molecular formula is C18H22N2O. The van der Waals surface area contributed by atoms with Gasteiger partial charge in [0.05, 0.1) is 0 Å². The van der Waals surface area contributed by atoms with Crippen molar-refractivity contribution < 1.29 is 4.79 Å². The maximum atomic E-state index is 12.1. The first-order valence-corrected chi connectivity index (χ1v) is 7.31. The molecule has 2 aromatic carbocycles. The minimum atomic E-state index is -0.00573. The number of hydrogen-bond donors (Lipinski definition) is 2. The van der Waals surface area contributed by atoms with Gasteiger partial charge in [-0.1, -0.05) is 30.3 Å². The first kappa shape index (κ1) is 15.1. The van der Waals surface area contributed by atoms with Gasteiger partial charge >= 0.3 is 0 Å². The van der Waals surface area contributed by atoms with Crippen molar-refractivity contribution >= 4 is 11.6 Å². The molecule has 0 fully saturated rings. The molecule has 1 amide bonds. The first-order valence-electron chi connectivity index (χ1n) is 7.31. The van der Waals surface area contributed by atoms with Gasteiger partial charge in [0, 0.05) is 24.8 Å². The van der Waals surface area contributed by atoms with Crippen LogP contribution in [0, 0.1) is 6.92 Å². The molecule has 0 aliphatic rings. The smallest absolute Gasteiger partial charge is 0.251 e. The van der Waals surface area contributed by atoms with Crippen LogP contribution >= 0.6 is 0 Å². The summed E-state index contributed by atoms with van der Waals surface area (Å²) in [5.74, 6) is -0.00573. The lowest BCUT2D eigenvalue weighted by molar-refractivity contribution is 0.0953. The lowest BCUT2D eigenvalue weighted by Gasteiger charge is -2.09. The van der Waals surface area contributed by atoms with Crippen LogP contribution in [-0.4, -0.2) is 19.5 Å². The standard InChI is InChI=1S/C18H22N2O/c1-14-13-16(10-11-17(14)19-2)18(21)20-12-6-9-15-7-4-3-5-8-15/h3-5,7-8,10-11,13,19H,6,9,12H2,1-2H3,(H,20,21). The second-order valence-corrected chi connectivity index (χ2v) is 5.12. The molecule has 110 valence electrons. The third kappa shape index (κ3) is 4.35. The fraction of sp³-hybridized carbons (Fsp3) is 0.278. The van der Waals surface area contributed by atoms with Gasteiger partial charge in [-0.2, -0.15) is 0 Å². The van der Waals surface area contributed by atoms with E-state index in [0.29, 0.717) is 12.1 Å². The minimum absolute atomic E-state index is 0.00573. The van der Waals surface area contributed by atoms with Crippen LogP contribution in [0.3, 0.4) is 0 Å². The maximum absolute atomic E-state index is 12.1. The fourth-order valence-electron chi connectivity index (χ4n) is 2.33. The second-order valence-electron chi connectivity index (χ2n) is 5.12. The highest BCUT2D eigenvalue weighted by atomic mass is 16.1. The van der Waals surface area contributed by atoms with Crippen LogP contribution in [0.4, 0.5) is 5.69 Å². The molecule has 0 atom stereocenters. The largest absolute Gasteiger partial charge is 0.388 e. The SMILES string of the molecule is CNc1ccc(C(=O)NCCCc2ccccc2)cc1C. The summed E-state index contributed by atoms with van der Waals surface area (Å²) in [5, 5.41) is 6.07. The third-order valence-corrected chi connectivity index (χ3v) is 3.53. The number of nitrogens with one attached hydrogen (secondary N) is 2. The van der Waals surface area contributed by atoms with Crippen LogP contribution in [0.1, 0.15) is 27.9 Å². The van der Waals surface area contributed by atoms with Crippen molar-refractivity contribution in [2.24, 2.45) is 0 Å². The molecule has 0 heterocycles. The zero-order valence-corrected chi connectivity index (χ0v) is 12.6. The highest BCUT2D eigenvalue weighted by molar-refractivity contribution is 5.94. The summed E-state index contributed by atoms with van der Waals surface area (Å²) in [7, 11) is 1.88. The Morgan fingerprint density at radius 3 is 2.52 bits per heavy atom. The normalized spacial score (nSPS) is 10.2. The van der Waals surface area contributed by atoms with Crippen LogP contribution < -0.4 is 10.6 Å². The van der Waals surface area contributed by atoms with Gasteiger partial charge in [-0.25, -0.2) is 0 Å². The van der Waals surface area contributed by atoms with E-state index < -0.39 is 0 Å². The molecule has 2 rings (SSSR count). The number of hydrogen-bond acceptors (Lipinski definition) is 2.